The molecule has 1 aromatic heterocycles. The zero-order chi connectivity index (χ0) is 16.8. The summed E-state index contributed by atoms with van der Waals surface area (Å²) in [6, 6.07) is 4.12. The molecule has 0 unspecified atom stereocenters. The van der Waals surface area contributed by atoms with Crippen LogP contribution in [0.2, 0.25) is 5.02 Å². The lowest BCUT2D eigenvalue weighted by Gasteiger charge is -2.11. The Morgan fingerprint density at radius 1 is 1.48 bits per heavy atom. The molecule has 23 heavy (non-hydrogen) atoms. The lowest BCUT2D eigenvalue weighted by molar-refractivity contribution is -0.115. The highest BCUT2D eigenvalue weighted by Gasteiger charge is 2.18. The van der Waals surface area contributed by atoms with Gasteiger partial charge in [0.1, 0.15) is 5.82 Å². The molecule has 0 aliphatic carbocycles. The predicted molar refractivity (Wildman–Crippen MR) is 94.0 cm³/mol. The number of rotatable bonds is 7. The van der Waals surface area contributed by atoms with Gasteiger partial charge < -0.3 is 10.6 Å². The summed E-state index contributed by atoms with van der Waals surface area (Å²) in [5, 5.41) is 14.3. The van der Waals surface area contributed by atoms with E-state index in [1.165, 1.54) is 35.2 Å². The molecule has 9 heteroatoms. The number of anilines is 2. The largest absolute Gasteiger partial charge is 0.360 e. The third-order valence-corrected chi connectivity index (χ3v) is 5.07. The second-order valence-corrected chi connectivity index (χ2v) is 7.68. The molecule has 0 aliphatic heterocycles. The highest BCUT2D eigenvalue weighted by atomic mass is 35.5. The van der Waals surface area contributed by atoms with Gasteiger partial charge in [0, 0.05) is 11.6 Å². The maximum absolute atomic E-state index is 13.7. The van der Waals surface area contributed by atoms with Gasteiger partial charge >= 0.3 is 0 Å². The Kier molecular flexibility index (Phi) is 6.61. The van der Waals surface area contributed by atoms with Crippen LogP contribution in [0.1, 0.15) is 20.3 Å². The maximum atomic E-state index is 13.7. The molecule has 2 aromatic rings. The van der Waals surface area contributed by atoms with E-state index >= 15 is 0 Å². The number of halogens is 2. The molecule has 0 fully saturated rings. The third kappa shape index (κ3) is 5.33. The van der Waals surface area contributed by atoms with Gasteiger partial charge in [-0.15, -0.1) is 10.2 Å². The summed E-state index contributed by atoms with van der Waals surface area (Å²) in [4.78, 5) is 12.1. The second-order valence-electron chi connectivity index (χ2n) is 4.67. The van der Waals surface area contributed by atoms with E-state index in [2.05, 4.69) is 27.8 Å². The van der Waals surface area contributed by atoms with E-state index in [1.54, 1.807) is 6.92 Å². The number of hydrogen-bond donors (Lipinski definition) is 2. The van der Waals surface area contributed by atoms with Gasteiger partial charge in [-0.2, -0.15) is 0 Å². The second kappa shape index (κ2) is 8.47. The van der Waals surface area contributed by atoms with E-state index in [-0.39, 0.29) is 16.6 Å². The average Bonchev–Trinajstić information content (AvgIpc) is 2.95. The van der Waals surface area contributed by atoms with Crippen molar-refractivity contribution in [1.82, 2.24) is 10.2 Å². The maximum Gasteiger partial charge on any atom is 0.237 e. The Morgan fingerprint density at radius 2 is 2.26 bits per heavy atom. The minimum Gasteiger partial charge on any atom is -0.360 e. The average molecular weight is 375 g/mol. The quantitative estimate of drug-likeness (QED) is 0.708. The van der Waals surface area contributed by atoms with Crippen molar-refractivity contribution >= 4 is 51.4 Å². The van der Waals surface area contributed by atoms with Crippen LogP contribution in [0.4, 0.5) is 15.2 Å². The van der Waals surface area contributed by atoms with Crippen LogP contribution in [0.5, 0.6) is 0 Å². The third-order valence-electron chi connectivity index (χ3n) is 2.77. The van der Waals surface area contributed by atoms with Crippen molar-refractivity contribution in [3.8, 4) is 0 Å². The van der Waals surface area contributed by atoms with E-state index in [1.807, 2.05) is 0 Å². The molecule has 2 rings (SSSR count). The summed E-state index contributed by atoms with van der Waals surface area (Å²) in [5.41, 5.74) is 0.106. The van der Waals surface area contributed by atoms with E-state index in [9.17, 15) is 9.18 Å². The van der Waals surface area contributed by atoms with Crippen LogP contribution < -0.4 is 10.6 Å². The SMILES string of the molecule is CCCNc1nnc(S[C@H](C)C(=O)Nc2ccc(Cl)cc2F)s1. The van der Waals surface area contributed by atoms with Gasteiger partial charge in [0.15, 0.2) is 4.34 Å². The number of aromatic nitrogens is 2. The number of hydrogen-bond acceptors (Lipinski definition) is 6. The highest BCUT2D eigenvalue weighted by Crippen LogP contribution is 2.29. The zero-order valence-electron chi connectivity index (χ0n) is 12.6. The molecule has 5 nitrogen and oxygen atoms in total. The summed E-state index contributed by atoms with van der Waals surface area (Å²) in [7, 11) is 0. The van der Waals surface area contributed by atoms with Gasteiger partial charge in [-0.25, -0.2) is 4.39 Å². The Labute approximate surface area is 147 Å². The zero-order valence-corrected chi connectivity index (χ0v) is 15.0. The van der Waals surface area contributed by atoms with Gasteiger partial charge in [0.25, 0.3) is 0 Å². The molecule has 0 saturated carbocycles. The molecule has 124 valence electrons. The first-order chi connectivity index (χ1) is 11.0. The predicted octanol–water partition coefficient (Wildman–Crippen LogP) is 4.27. The van der Waals surface area contributed by atoms with Crippen molar-refractivity contribution in [3.05, 3.63) is 29.0 Å². The van der Waals surface area contributed by atoms with Crippen molar-refractivity contribution in [2.75, 3.05) is 17.2 Å². The molecule has 1 heterocycles. The number of carbonyl (C=O) groups excluding carboxylic acids is 1. The first-order valence-corrected chi connectivity index (χ1v) is 9.07. The number of benzene rings is 1. The topological polar surface area (TPSA) is 66.9 Å². The first kappa shape index (κ1) is 18.0. The molecule has 0 bridgehead atoms. The number of thioether (sulfide) groups is 1. The fraction of sp³-hybridized carbons (Fsp3) is 0.357. The standard InChI is InChI=1S/C14H16ClFN4OS2/c1-3-6-17-13-19-20-14(23-13)22-8(2)12(21)18-11-5-4-9(15)7-10(11)16/h4-5,7-8H,3,6H2,1-2H3,(H,17,19)(H,18,21)/t8-/m1/s1. The van der Waals surface area contributed by atoms with E-state index < -0.39 is 11.1 Å². The number of nitrogens with zero attached hydrogens (tertiary/aromatic N) is 2. The molecule has 1 amide bonds. The summed E-state index contributed by atoms with van der Waals surface area (Å²) >= 11 is 8.35. The van der Waals surface area contributed by atoms with E-state index in [4.69, 9.17) is 11.6 Å². The molecular formula is C14H16ClFN4OS2. The number of carbonyl (C=O) groups is 1. The summed E-state index contributed by atoms with van der Waals surface area (Å²) < 4.78 is 14.4. The van der Waals surface area contributed by atoms with Crippen molar-refractivity contribution < 1.29 is 9.18 Å². The summed E-state index contributed by atoms with van der Waals surface area (Å²) in [6.07, 6.45) is 0.994. The van der Waals surface area contributed by atoms with Gasteiger partial charge in [0.05, 0.1) is 10.9 Å². The molecule has 0 spiro atoms. The fourth-order valence-electron chi connectivity index (χ4n) is 1.59. The first-order valence-electron chi connectivity index (χ1n) is 6.99. The molecule has 0 aliphatic rings. The summed E-state index contributed by atoms with van der Waals surface area (Å²) in [6.45, 7) is 4.62. The Morgan fingerprint density at radius 3 is 2.96 bits per heavy atom. The minimum atomic E-state index is -0.565. The van der Waals surface area contributed by atoms with Crippen LogP contribution in [-0.4, -0.2) is 27.9 Å². The van der Waals surface area contributed by atoms with Gasteiger partial charge in [0.2, 0.25) is 11.0 Å². The van der Waals surface area contributed by atoms with Crippen LogP contribution in [0, 0.1) is 5.82 Å². The number of nitrogens with one attached hydrogen (secondary N) is 2. The fourth-order valence-corrected chi connectivity index (χ4v) is 3.67. The normalized spacial score (nSPS) is 12.0. The van der Waals surface area contributed by atoms with E-state index in [0.717, 1.165) is 24.2 Å². The number of amides is 1. The Bertz CT molecular complexity index is 683. The molecule has 0 radical (unpaired) electrons. The summed E-state index contributed by atoms with van der Waals surface area (Å²) in [5.74, 6) is -0.875. The Hall–Kier alpha value is -1.38. The Balaban J connectivity index is 1.93. The lowest BCUT2D eigenvalue weighted by Crippen LogP contribution is -2.22. The van der Waals surface area contributed by atoms with Crippen molar-refractivity contribution in [2.45, 2.75) is 29.9 Å². The van der Waals surface area contributed by atoms with Crippen molar-refractivity contribution in [1.29, 1.82) is 0 Å². The molecule has 0 saturated heterocycles. The van der Waals surface area contributed by atoms with Crippen LogP contribution in [-0.2, 0) is 4.79 Å². The minimum absolute atomic E-state index is 0.106. The monoisotopic (exact) mass is 374 g/mol. The van der Waals surface area contributed by atoms with Gasteiger partial charge in [-0.05, 0) is 31.5 Å². The smallest absolute Gasteiger partial charge is 0.237 e. The van der Waals surface area contributed by atoms with Crippen LogP contribution in [0.3, 0.4) is 0 Å². The van der Waals surface area contributed by atoms with Crippen LogP contribution in [0.15, 0.2) is 22.5 Å². The van der Waals surface area contributed by atoms with Crippen molar-refractivity contribution in [3.63, 3.8) is 0 Å². The molecule has 1 atom stereocenters. The molecular weight excluding hydrogens is 359 g/mol. The lowest BCUT2D eigenvalue weighted by atomic mass is 10.3. The molecule has 1 aromatic carbocycles. The van der Waals surface area contributed by atoms with Gasteiger partial charge in [-0.3, -0.25) is 4.79 Å². The van der Waals surface area contributed by atoms with E-state index in [0.29, 0.717) is 4.34 Å². The van der Waals surface area contributed by atoms with Crippen molar-refractivity contribution in [2.24, 2.45) is 0 Å². The van der Waals surface area contributed by atoms with Crippen LogP contribution in [0.25, 0.3) is 0 Å². The van der Waals surface area contributed by atoms with Gasteiger partial charge in [-0.1, -0.05) is 41.6 Å². The van der Waals surface area contributed by atoms with Crippen LogP contribution >= 0.6 is 34.7 Å². The molecule has 2 N–H and O–H groups in total. The highest BCUT2D eigenvalue weighted by molar-refractivity contribution is 8.02.